The minimum absolute atomic E-state index is 0.0238. The molecule has 0 spiro atoms. The second kappa shape index (κ2) is 5.44. The zero-order valence-electron chi connectivity index (χ0n) is 8.07. The minimum Gasteiger partial charge on any atom is -0.497 e. The summed E-state index contributed by atoms with van der Waals surface area (Å²) < 4.78 is 22.9. The fraction of sp³-hybridized carbons (Fsp3) is 0.400. The third-order valence-corrected chi connectivity index (χ3v) is 1.73. The lowest BCUT2D eigenvalue weighted by Crippen LogP contribution is -2.22. The van der Waals surface area contributed by atoms with Crippen LogP contribution in [-0.4, -0.2) is 26.4 Å². The van der Waals surface area contributed by atoms with Crippen molar-refractivity contribution in [3.8, 4) is 11.5 Å². The number of methoxy groups -OCH3 is 1. The molecule has 78 valence electrons. The van der Waals surface area contributed by atoms with Crippen molar-refractivity contribution in [3.05, 3.63) is 24.3 Å². The number of benzene rings is 1. The van der Waals surface area contributed by atoms with Crippen molar-refractivity contribution < 1.29 is 13.9 Å². The van der Waals surface area contributed by atoms with Crippen LogP contribution >= 0.6 is 0 Å². The van der Waals surface area contributed by atoms with Gasteiger partial charge in [-0.3, -0.25) is 0 Å². The van der Waals surface area contributed by atoms with Crippen LogP contribution in [0.25, 0.3) is 0 Å². The van der Waals surface area contributed by atoms with Crippen molar-refractivity contribution >= 4 is 0 Å². The summed E-state index contributed by atoms with van der Waals surface area (Å²) in [5, 5.41) is 0. The molecule has 1 rings (SSSR count). The third kappa shape index (κ3) is 3.22. The molecule has 0 fully saturated rings. The van der Waals surface area contributed by atoms with E-state index in [1.165, 1.54) is 0 Å². The second-order valence-corrected chi connectivity index (χ2v) is 2.82. The van der Waals surface area contributed by atoms with Gasteiger partial charge in [-0.05, 0) is 12.1 Å². The topological polar surface area (TPSA) is 44.5 Å². The lowest BCUT2D eigenvalue weighted by Gasteiger charge is -2.09. The van der Waals surface area contributed by atoms with Gasteiger partial charge >= 0.3 is 0 Å². The van der Waals surface area contributed by atoms with Crippen molar-refractivity contribution in [3.63, 3.8) is 0 Å². The molecule has 0 saturated carbocycles. The van der Waals surface area contributed by atoms with Crippen LogP contribution in [-0.2, 0) is 0 Å². The van der Waals surface area contributed by atoms with E-state index in [0.717, 1.165) is 0 Å². The highest BCUT2D eigenvalue weighted by molar-refractivity contribution is 5.32. The Morgan fingerprint density at radius 1 is 1.43 bits per heavy atom. The van der Waals surface area contributed by atoms with Gasteiger partial charge in [-0.1, -0.05) is 6.07 Å². The molecule has 4 heteroatoms. The van der Waals surface area contributed by atoms with Gasteiger partial charge in [0.05, 0.1) is 7.11 Å². The fourth-order valence-corrected chi connectivity index (χ4v) is 0.946. The van der Waals surface area contributed by atoms with E-state index >= 15 is 0 Å². The average molecular weight is 199 g/mol. The van der Waals surface area contributed by atoms with Crippen LogP contribution in [0, 0.1) is 0 Å². The van der Waals surface area contributed by atoms with Gasteiger partial charge < -0.3 is 15.2 Å². The summed E-state index contributed by atoms with van der Waals surface area (Å²) in [7, 11) is 1.57. The van der Waals surface area contributed by atoms with E-state index < -0.39 is 6.17 Å². The van der Waals surface area contributed by atoms with Gasteiger partial charge in [0, 0.05) is 12.6 Å². The smallest absolute Gasteiger partial charge is 0.146 e. The quantitative estimate of drug-likeness (QED) is 0.779. The third-order valence-electron chi connectivity index (χ3n) is 1.73. The SMILES string of the molecule is COc1cccc(OCC(F)CN)c1. The zero-order chi connectivity index (χ0) is 10.4. The van der Waals surface area contributed by atoms with Gasteiger partial charge in [-0.25, -0.2) is 4.39 Å². The summed E-state index contributed by atoms with van der Waals surface area (Å²) in [6.45, 7) is -0.0480. The molecule has 0 amide bonds. The van der Waals surface area contributed by atoms with Crippen molar-refractivity contribution in [2.75, 3.05) is 20.3 Å². The number of alkyl halides is 1. The molecule has 1 unspecified atom stereocenters. The maximum Gasteiger partial charge on any atom is 0.146 e. The van der Waals surface area contributed by atoms with E-state index in [1.54, 1.807) is 31.4 Å². The maximum atomic E-state index is 12.7. The van der Waals surface area contributed by atoms with Gasteiger partial charge in [-0.2, -0.15) is 0 Å². The van der Waals surface area contributed by atoms with Crippen molar-refractivity contribution in [1.82, 2.24) is 0 Å². The van der Waals surface area contributed by atoms with E-state index in [2.05, 4.69) is 0 Å². The summed E-state index contributed by atoms with van der Waals surface area (Å²) in [6, 6.07) is 7.02. The van der Waals surface area contributed by atoms with E-state index in [1.807, 2.05) is 0 Å². The fourth-order valence-electron chi connectivity index (χ4n) is 0.946. The lowest BCUT2D eigenvalue weighted by atomic mass is 10.3. The standard InChI is InChI=1S/C10H14FNO2/c1-13-9-3-2-4-10(5-9)14-7-8(11)6-12/h2-5,8H,6-7,12H2,1H3. The molecule has 1 atom stereocenters. The van der Waals surface area contributed by atoms with E-state index in [0.29, 0.717) is 11.5 Å². The molecule has 1 aromatic rings. The highest BCUT2D eigenvalue weighted by Crippen LogP contribution is 2.18. The van der Waals surface area contributed by atoms with Gasteiger partial charge in [0.25, 0.3) is 0 Å². The molecule has 3 nitrogen and oxygen atoms in total. The summed E-state index contributed by atoms with van der Waals surface area (Å²) in [5.41, 5.74) is 5.11. The van der Waals surface area contributed by atoms with Crippen LogP contribution in [0.2, 0.25) is 0 Å². The highest BCUT2D eigenvalue weighted by Gasteiger charge is 2.04. The first-order chi connectivity index (χ1) is 6.76. The summed E-state index contributed by atoms with van der Waals surface area (Å²) in [5.74, 6) is 1.27. The van der Waals surface area contributed by atoms with Crippen LogP contribution in [0.4, 0.5) is 4.39 Å². The predicted octanol–water partition coefficient (Wildman–Crippen LogP) is 1.37. The number of rotatable bonds is 5. The van der Waals surface area contributed by atoms with Crippen LogP contribution in [0.1, 0.15) is 0 Å². The Kier molecular flexibility index (Phi) is 4.19. The zero-order valence-corrected chi connectivity index (χ0v) is 8.07. The van der Waals surface area contributed by atoms with Crippen LogP contribution in [0.5, 0.6) is 11.5 Å². The number of hydrogen-bond donors (Lipinski definition) is 1. The molecule has 0 heterocycles. The van der Waals surface area contributed by atoms with Crippen LogP contribution < -0.4 is 15.2 Å². The molecule has 2 N–H and O–H groups in total. The molecule has 0 aromatic heterocycles. The largest absolute Gasteiger partial charge is 0.497 e. The number of hydrogen-bond acceptors (Lipinski definition) is 3. The van der Waals surface area contributed by atoms with Crippen molar-refractivity contribution in [1.29, 1.82) is 0 Å². The minimum atomic E-state index is -1.12. The first kappa shape index (κ1) is 10.8. The van der Waals surface area contributed by atoms with E-state index in [9.17, 15) is 4.39 Å². The Hall–Kier alpha value is -1.29. The molecule has 0 aliphatic rings. The number of ether oxygens (including phenoxy) is 2. The van der Waals surface area contributed by atoms with Gasteiger partial charge in [0.2, 0.25) is 0 Å². The summed E-state index contributed by atoms with van der Waals surface area (Å²) >= 11 is 0. The Balaban J connectivity index is 2.50. The lowest BCUT2D eigenvalue weighted by molar-refractivity contribution is 0.200. The summed E-state index contributed by atoms with van der Waals surface area (Å²) in [6.07, 6.45) is -1.12. The molecule has 1 aromatic carbocycles. The molecule has 0 bridgehead atoms. The second-order valence-electron chi connectivity index (χ2n) is 2.82. The van der Waals surface area contributed by atoms with Crippen LogP contribution in [0.3, 0.4) is 0 Å². The molecule has 0 saturated heterocycles. The van der Waals surface area contributed by atoms with E-state index in [-0.39, 0.29) is 13.2 Å². The molecule has 0 aliphatic heterocycles. The molecule has 14 heavy (non-hydrogen) atoms. The number of nitrogens with two attached hydrogens (primary N) is 1. The van der Waals surface area contributed by atoms with Crippen molar-refractivity contribution in [2.45, 2.75) is 6.17 Å². The highest BCUT2D eigenvalue weighted by atomic mass is 19.1. The monoisotopic (exact) mass is 199 g/mol. The van der Waals surface area contributed by atoms with Crippen LogP contribution in [0.15, 0.2) is 24.3 Å². The summed E-state index contributed by atoms with van der Waals surface area (Å²) in [4.78, 5) is 0. The molecular weight excluding hydrogens is 185 g/mol. The number of halogens is 1. The molecular formula is C10H14FNO2. The Morgan fingerprint density at radius 2 is 2.14 bits per heavy atom. The predicted molar refractivity (Wildman–Crippen MR) is 52.4 cm³/mol. The first-order valence-corrected chi connectivity index (χ1v) is 4.37. The Morgan fingerprint density at radius 3 is 2.79 bits per heavy atom. The van der Waals surface area contributed by atoms with Gasteiger partial charge in [0.15, 0.2) is 0 Å². The van der Waals surface area contributed by atoms with Gasteiger partial charge in [-0.15, -0.1) is 0 Å². The first-order valence-electron chi connectivity index (χ1n) is 4.37. The van der Waals surface area contributed by atoms with Gasteiger partial charge in [0.1, 0.15) is 24.3 Å². The Bertz CT molecular complexity index is 281. The molecule has 0 radical (unpaired) electrons. The normalized spacial score (nSPS) is 12.2. The van der Waals surface area contributed by atoms with Crippen molar-refractivity contribution in [2.24, 2.45) is 5.73 Å². The maximum absolute atomic E-state index is 12.7. The molecule has 0 aliphatic carbocycles. The Labute approximate surface area is 82.6 Å². The van der Waals surface area contributed by atoms with E-state index in [4.69, 9.17) is 15.2 Å². The average Bonchev–Trinajstić information content (AvgIpc) is 2.26.